The summed E-state index contributed by atoms with van der Waals surface area (Å²) in [4.78, 5) is 11.8. The Balaban J connectivity index is 2.32. The lowest BCUT2D eigenvalue weighted by Crippen LogP contribution is -2.24. The van der Waals surface area contributed by atoms with Crippen LogP contribution in [0.3, 0.4) is 0 Å². The third-order valence-corrected chi connectivity index (χ3v) is 3.61. The molecule has 0 radical (unpaired) electrons. The molecule has 4 heteroatoms. The summed E-state index contributed by atoms with van der Waals surface area (Å²) >= 11 is 5.91. The molecule has 1 aromatic rings. The smallest absolute Gasteiger partial charge is 0.240 e. The molecular formula is C15H19ClN2O. The van der Waals surface area contributed by atoms with Crippen molar-refractivity contribution >= 4 is 23.2 Å². The van der Waals surface area contributed by atoms with Gasteiger partial charge in [-0.25, -0.2) is 5.01 Å². The van der Waals surface area contributed by atoms with E-state index in [0.717, 1.165) is 17.7 Å². The molecule has 1 atom stereocenters. The molecule has 0 saturated heterocycles. The summed E-state index contributed by atoms with van der Waals surface area (Å²) in [5, 5.41) is 6.80. The van der Waals surface area contributed by atoms with Gasteiger partial charge in [-0.2, -0.15) is 5.10 Å². The first-order chi connectivity index (χ1) is 8.79. The Morgan fingerprint density at radius 2 is 1.89 bits per heavy atom. The number of halogens is 1. The Hall–Kier alpha value is -1.35. The molecule has 1 aliphatic heterocycles. The van der Waals surface area contributed by atoms with Gasteiger partial charge in [-0.1, -0.05) is 44.5 Å². The zero-order valence-corrected chi connectivity index (χ0v) is 12.5. The van der Waals surface area contributed by atoms with Crippen molar-refractivity contribution in [2.45, 2.75) is 40.2 Å². The zero-order chi connectivity index (χ0) is 14.2. The molecule has 1 heterocycles. The number of nitrogens with zero attached hydrogens (tertiary/aromatic N) is 2. The van der Waals surface area contributed by atoms with Crippen molar-refractivity contribution in [1.82, 2.24) is 5.01 Å². The van der Waals surface area contributed by atoms with E-state index < -0.39 is 0 Å². The topological polar surface area (TPSA) is 32.7 Å². The Labute approximate surface area is 119 Å². The van der Waals surface area contributed by atoms with Crippen LogP contribution in [0.4, 0.5) is 0 Å². The third kappa shape index (κ3) is 2.98. The highest BCUT2D eigenvalue weighted by Gasteiger charge is 2.35. The zero-order valence-electron chi connectivity index (χ0n) is 11.8. The standard InChI is InChI=1S/C15H19ClN2O/c1-10(19)18-13(9-14(17-18)15(2,3)4)11-5-7-12(16)8-6-11/h5-8,13H,9H2,1-4H3. The number of amides is 1. The fourth-order valence-electron chi connectivity index (χ4n) is 2.20. The summed E-state index contributed by atoms with van der Waals surface area (Å²) in [5.41, 5.74) is 2.11. The lowest BCUT2D eigenvalue weighted by atomic mass is 9.86. The first-order valence-electron chi connectivity index (χ1n) is 6.42. The van der Waals surface area contributed by atoms with Gasteiger partial charge in [-0.15, -0.1) is 0 Å². The monoisotopic (exact) mass is 278 g/mol. The normalized spacial score (nSPS) is 19.5. The van der Waals surface area contributed by atoms with Gasteiger partial charge in [0.25, 0.3) is 0 Å². The molecule has 19 heavy (non-hydrogen) atoms. The van der Waals surface area contributed by atoms with E-state index in [-0.39, 0.29) is 17.4 Å². The maximum Gasteiger partial charge on any atom is 0.240 e. The fraction of sp³-hybridized carbons (Fsp3) is 0.467. The Bertz CT molecular complexity index is 514. The van der Waals surface area contributed by atoms with E-state index >= 15 is 0 Å². The Morgan fingerprint density at radius 1 is 1.32 bits per heavy atom. The lowest BCUT2D eigenvalue weighted by molar-refractivity contribution is -0.130. The van der Waals surface area contributed by atoms with Crippen molar-refractivity contribution in [1.29, 1.82) is 0 Å². The van der Waals surface area contributed by atoms with Gasteiger partial charge in [-0.05, 0) is 17.7 Å². The molecule has 0 bridgehead atoms. The van der Waals surface area contributed by atoms with Gasteiger partial charge in [0.2, 0.25) is 5.91 Å². The average molecular weight is 279 g/mol. The van der Waals surface area contributed by atoms with E-state index in [9.17, 15) is 4.79 Å². The summed E-state index contributed by atoms with van der Waals surface area (Å²) in [7, 11) is 0. The van der Waals surface area contributed by atoms with Crippen molar-refractivity contribution in [3.63, 3.8) is 0 Å². The molecule has 102 valence electrons. The highest BCUT2D eigenvalue weighted by Crippen LogP contribution is 2.36. The predicted octanol–water partition coefficient (Wildman–Crippen LogP) is 4.04. The van der Waals surface area contributed by atoms with E-state index in [1.807, 2.05) is 24.3 Å². The van der Waals surface area contributed by atoms with Crippen molar-refractivity contribution in [3.05, 3.63) is 34.9 Å². The van der Waals surface area contributed by atoms with Gasteiger partial charge in [0, 0.05) is 29.5 Å². The second-order valence-electron chi connectivity index (χ2n) is 5.93. The molecule has 2 rings (SSSR count). The maximum absolute atomic E-state index is 11.8. The largest absolute Gasteiger partial charge is 0.273 e. The number of hydrazone groups is 1. The number of hydrogen-bond donors (Lipinski definition) is 0. The molecule has 0 spiro atoms. The van der Waals surface area contributed by atoms with Crippen LogP contribution in [0.15, 0.2) is 29.4 Å². The fourth-order valence-corrected chi connectivity index (χ4v) is 2.33. The molecule has 0 fully saturated rings. The van der Waals surface area contributed by atoms with Crippen LogP contribution in [0.25, 0.3) is 0 Å². The summed E-state index contributed by atoms with van der Waals surface area (Å²) in [6.07, 6.45) is 0.782. The van der Waals surface area contributed by atoms with Gasteiger partial charge in [0.05, 0.1) is 6.04 Å². The Morgan fingerprint density at radius 3 is 2.37 bits per heavy atom. The average Bonchev–Trinajstić information content (AvgIpc) is 2.74. The van der Waals surface area contributed by atoms with Crippen molar-refractivity contribution in [3.8, 4) is 0 Å². The van der Waals surface area contributed by atoms with Gasteiger partial charge < -0.3 is 0 Å². The first kappa shape index (κ1) is 14.1. The van der Waals surface area contributed by atoms with Crippen LogP contribution in [0, 0.1) is 5.41 Å². The minimum Gasteiger partial charge on any atom is -0.273 e. The van der Waals surface area contributed by atoms with E-state index in [1.165, 1.54) is 0 Å². The highest BCUT2D eigenvalue weighted by atomic mass is 35.5. The molecule has 0 aromatic heterocycles. The molecule has 1 aliphatic rings. The molecule has 1 aromatic carbocycles. The van der Waals surface area contributed by atoms with Crippen LogP contribution in [-0.2, 0) is 4.79 Å². The van der Waals surface area contributed by atoms with Crippen LogP contribution in [0.1, 0.15) is 45.7 Å². The summed E-state index contributed by atoms with van der Waals surface area (Å²) in [6.45, 7) is 7.91. The van der Waals surface area contributed by atoms with E-state index in [2.05, 4.69) is 25.9 Å². The number of benzene rings is 1. The number of hydrogen-bond acceptors (Lipinski definition) is 2. The summed E-state index contributed by atoms with van der Waals surface area (Å²) in [6, 6.07) is 7.62. The highest BCUT2D eigenvalue weighted by molar-refractivity contribution is 6.30. The van der Waals surface area contributed by atoms with Crippen LogP contribution in [0.2, 0.25) is 5.02 Å². The molecule has 0 aliphatic carbocycles. The molecule has 0 saturated carbocycles. The Kier molecular flexibility index (Phi) is 3.68. The molecule has 0 N–H and O–H groups in total. The molecular weight excluding hydrogens is 260 g/mol. The van der Waals surface area contributed by atoms with Crippen molar-refractivity contribution in [2.24, 2.45) is 10.5 Å². The van der Waals surface area contributed by atoms with E-state index in [1.54, 1.807) is 11.9 Å². The number of rotatable bonds is 1. The molecule has 1 amide bonds. The third-order valence-electron chi connectivity index (χ3n) is 3.35. The van der Waals surface area contributed by atoms with Gasteiger partial charge >= 0.3 is 0 Å². The van der Waals surface area contributed by atoms with Crippen LogP contribution in [-0.4, -0.2) is 16.6 Å². The molecule has 1 unspecified atom stereocenters. The van der Waals surface area contributed by atoms with Gasteiger partial charge in [0.1, 0.15) is 0 Å². The van der Waals surface area contributed by atoms with Gasteiger partial charge in [0.15, 0.2) is 0 Å². The SMILES string of the molecule is CC(=O)N1N=C(C(C)(C)C)CC1c1ccc(Cl)cc1. The first-order valence-corrected chi connectivity index (χ1v) is 6.80. The summed E-state index contributed by atoms with van der Waals surface area (Å²) in [5.74, 6) is -0.0285. The minimum absolute atomic E-state index is 0.0102. The van der Waals surface area contributed by atoms with Crippen LogP contribution < -0.4 is 0 Å². The van der Waals surface area contributed by atoms with Crippen LogP contribution in [0.5, 0.6) is 0 Å². The predicted molar refractivity (Wildman–Crippen MR) is 78.2 cm³/mol. The summed E-state index contributed by atoms with van der Waals surface area (Å²) < 4.78 is 0. The number of carbonyl (C=O) groups excluding carboxylic acids is 1. The molecule has 3 nitrogen and oxygen atoms in total. The number of carbonyl (C=O) groups is 1. The van der Waals surface area contributed by atoms with Crippen molar-refractivity contribution in [2.75, 3.05) is 0 Å². The van der Waals surface area contributed by atoms with Crippen LogP contribution >= 0.6 is 11.6 Å². The van der Waals surface area contributed by atoms with Gasteiger partial charge in [-0.3, -0.25) is 4.79 Å². The quantitative estimate of drug-likeness (QED) is 0.763. The van der Waals surface area contributed by atoms with Crippen molar-refractivity contribution < 1.29 is 4.79 Å². The second kappa shape index (κ2) is 4.97. The lowest BCUT2D eigenvalue weighted by Gasteiger charge is -2.20. The van der Waals surface area contributed by atoms with E-state index in [0.29, 0.717) is 5.02 Å². The maximum atomic E-state index is 11.8. The van der Waals surface area contributed by atoms with E-state index in [4.69, 9.17) is 11.6 Å². The second-order valence-corrected chi connectivity index (χ2v) is 6.37. The minimum atomic E-state index is -0.0285.